The molecule has 1 aliphatic rings. The fraction of sp³-hybridized carbons (Fsp3) is 0.286. The number of hydrogen-bond acceptors (Lipinski definition) is 5. The highest BCUT2D eigenvalue weighted by atomic mass is 16.5. The van der Waals surface area contributed by atoms with Crippen LogP contribution in [0.25, 0.3) is 0 Å². The molecule has 0 aliphatic carbocycles. The number of benzene rings is 2. The van der Waals surface area contributed by atoms with Gasteiger partial charge >= 0.3 is 6.03 Å². The molecule has 0 atom stereocenters. The average Bonchev–Trinajstić information content (AvgIpc) is 3.05. The van der Waals surface area contributed by atoms with Crippen molar-refractivity contribution >= 4 is 17.8 Å². The fourth-order valence-corrected chi connectivity index (χ4v) is 3.17. The van der Waals surface area contributed by atoms with E-state index in [0.717, 1.165) is 10.5 Å². The van der Waals surface area contributed by atoms with Crippen molar-refractivity contribution < 1.29 is 23.9 Å². The summed E-state index contributed by atoms with van der Waals surface area (Å²) in [7, 11) is 4.83. The number of nitrogens with zero attached hydrogens (tertiary/aromatic N) is 2. The molecule has 0 bridgehead atoms. The first-order valence-corrected chi connectivity index (χ1v) is 9.07. The molecule has 3 rings (SSSR count). The van der Waals surface area contributed by atoms with Crippen LogP contribution in [0.3, 0.4) is 0 Å². The van der Waals surface area contributed by atoms with E-state index in [-0.39, 0.29) is 24.9 Å². The maximum atomic E-state index is 13.1. The van der Waals surface area contributed by atoms with Gasteiger partial charge in [-0.05, 0) is 23.8 Å². The summed E-state index contributed by atoms with van der Waals surface area (Å²) in [5.41, 5.74) is 1.88. The highest BCUT2D eigenvalue weighted by Crippen LogP contribution is 2.26. The Kier molecular flexibility index (Phi) is 6.01. The summed E-state index contributed by atoms with van der Waals surface area (Å²) in [6.45, 7) is 0.349. The van der Waals surface area contributed by atoms with E-state index in [1.807, 2.05) is 12.1 Å². The van der Waals surface area contributed by atoms with Crippen LogP contribution in [0, 0.1) is 0 Å². The van der Waals surface area contributed by atoms with E-state index in [9.17, 15) is 14.4 Å². The SMILES string of the molecule is COc1ccc(CN(C)C(=O)c2ccccc2CN2C(=O)CNC2=O)c(OC)c1. The van der Waals surface area contributed by atoms with E-state index >= 15 is 0 Å². The van der Waals surface area contributed by atoms with Crippen molar-refractivity contribution in [3.63, 3.8) is 0 Å². The second-order valence-corrected chi connectivity index (χ2v) is 6.63. The number of ether oxygens (including phenoxy) is 2. The molecule has 0 saturated carbocycles. The van der Waals surface area contributed by atoms with Crippen molar-refractivity contribution in [3.8, 4) is 11.5 Å². The molecule has 0 aromatic heterocycles. The predicted octanol–water partition coefficient (Wildman–Crippen LogP) is 2.03. The summed E-state index contributed by atoms with van der Waals surface area (Å²) in [6.07, 6.45) is 0. The summed E-state index contributed by atoms with van der Waals surface area (Å²) in [4.78, 5) is 39.5. The Labute approximate surface area is 169 Å². The lowest BCUT2D eigenvalue weighted by molar-refractivity contribution is -0.125. The van der Waals surface area contributed by atoms with Crippen LogP contribution < -0.4 is 14.8 Å². The summed E-state index contributed by atoms with van der Waals surface area (Å²) in [5.74, 6) is 0.759. The van der Waals surface area contributed by atoms with Gasteiger partial charge < -0.3 is 19.7 Å². The predicted molar refractivity (Wildman–Crippen MR) is 106 cm³/mol. The van der Waals surface area contributed by atoms with Crippen molar-refractivity contribution in [1.82, 2.24) is 15.1 Å². The zero-order chi connectivity index (χ0) is 21.0. The van der Waals surface area contributed by atoms with Crippen LogP contribution in [0.4, 0.5) is 4.79 Å². The molecule has 0 spiro atoms. The quantitative estimate of drug-likeness (QED) is 0.723. The van der Waals surface area contributed by atoms with E-state index in [1.165, 1.54) is 0 Å². The van der Waals surface area contributed by atoms with Gasteiger partial charge in [-0.2, -0.15) is 0 Å². The maximum absolute atomic E-state index is 13.1. The van der Waals surface area contributed by atoms with Crippen LogP contribution in [0.15, 0.2) is 42.5 Å². The Morgan fingerprint density at radius 3 is 2.52 bits per heavy atom. The van der Waals surface area contributed by atoms with Gasteiger partial charge in [0, 0.05) is 30.8 Å². The van der Waals surface area contributed by atoms with Crippen LogP contribution in [0.1, 0.15) is 21.5 Å². The third-order valence-electron chi connectivity index (χ3n) is 4.76. The normalized spacial score (nSPS) is 13.3. The molecule has 29 heavy (non-hydrogen) atoms. The van der Waals surface area contributed by atoms with Gasteiger partial charge in [0.25, 0.3) is 5.91 Å². The first-order chi connectivity index (χ1) is 13.9. The van der Waals surface area contributed by atoms with E-state index < -0.39 is 6.03 Å². The number of carbonyl (C=O) groups excluding carboxylic acids is 3. The molecule has 2 aromatic rings. The second kappa shape index (κ2) is 8.64. The Hall–Kier alpha value is -3.55. The molecule has 1 saturated heterocycles. The van der Waals surface area contributed by atoms with Crippen molar-refractivity contribution in [2.75, 3.05) is 27.8 Å². The Morgan fingerprint density at radius 1 is 1.10 bits per heavy atom. The van der Waals surface area contributed by atoms with Crippen LogP contribution in [0.2, 0.25) is 0 Å². The molecule has 1 N–H and O–H groups in total. The number of nitrogens with one attached hydrogen (secondary N) is 1. The minimum absolute atomic E-state index is 0.0217. The van der Waals surface area contributed by atoms with Gasteiger partial charge in [-0.15, -0.1) is 0 Å². The molecule has 1 aliphatic heterocycles. The smallest absolute Gasteiger partial charge is 0.324 e. The second-order valence-electron chi connectivity index (χ2n) is 6.63. The van der Waals surface area contributed by atoms with Crippen LogP contribution >= 0.6 is 0 Å². The lowest BCUT2D eigenvalue weighted by atomic mass is 10.1. The first-order valence-electron chi connectivity index (χ1n) is 9.07. The number of hydrogen-bond donors (Lipinski definition) is 1. The molecular formula is C21H23N3O5. The minimum atomic E-state index is -0.450. The molecule has 2 aromatic carbocycles. The van der Waals surface area contributed by atoms with Gasteiger partial charge in [0.2, 0.25) is 5.91 Å². The molecule has 1 heterocycles. The molecule has 0 unspecified atom stereocenters. The number of urea groups is 1. The number of carbonyl (C=O) groups is 3. The molecule has 8 heteroatoms. The number of amides is 4. The van der Waals surface area contributed by atoms with Gasteiger partial charge in [-0.3, -0.25) is 14.5 Å². The van der Waals surface area contributed by atoms with Gasteiger partial charge in [0.1, 0.15) is 11.5 Å². The van der Waals surface area contributed by atoms with E-state index in [2.05, 4.69) is 5.32 Å². The van der Waals surface area contributed by atoms with Gasteiger partial charge in [0.05, 0.1) is 27.3 Å². The number of methoxy groups -OCH3 is 2. The highest BCUT2D eigenvalue weighted by molar-refractivity contribution is 6.02. The fourth-order valence-electron chi connectivity index (χ4n) is 3.17. The summed E-state index contributed by atoms with van der Waals surface area (Å²) in [5, 5.41) is 2.48. The largest absolute Gasteiger partial charge is 0.497 e. The third kappa shape index (κ3) is 4.31. The zero-order valence-corrected chi connectivity index (χ0v) is 16.6. The van der Waals surface area contributed by atoms with Crippen molar-refractivity contribution in [2.24, 2.45) is 0 Å². The molecule has 4 amide bonds. The Morgan fingerprint density at radius 2 is 1.86 bits per heavy atom. The molecule has 8 nitrogen and oxygen atoms in total. The Balaban J connectivity index is 1.80. The molecular weight excluding hydrogens is 374 g/mol. The molecule has 0 radical (unpaired) electrons. The lowest BCUT2D eigenvalue weighted by Gasteiger charge is -2.22. The summed E-state index contributed by atoms with van der Waals surface area (Å²) < 4.78 is 10.6. The molecule has 1 fully saturated rings. The molecule has 152 valence electrons. The zero-order valence-electron chi connectivity index (χ0n) is 16.6. The number of imide groups is 1. The summed E-state index contributed by atoms with van der Waals surface area (Å²) in [6, 6.07) is 11.9. The van der Waals surface area contributed by atoms with Gasteiger partial charge in [-0.1, -0.05) is 18.2 Å². The maximum Gasteiger partial charge on any atom is 0.324 e. The average molecular weight is 397 g/mol. The van der Waals surface area contributed by atoms with Crippen LogP contribution in [-0.4, -0.2) is 55.5 Å². The van der Waals surface area contributed by atoms with Gasteiger partial charge in [0.15, 0.2) is 0 Å². The standard InChI is InChI=1S/C21H23N3O5/c1-23(12-15-8-9-16(28-2)10-18(15)29-3)20(26)17-7-5-4-6-14(17)13-24-19(25)11-22-21(24)27/h4-10H,11-13H2,1-3H3,(H,22,27). The third-order valence-corrected chi connectivity index (χ3v) is 4.76. The van der Waals surface area contributed by atoms with Crippen molar-refractivity contribution in [3.05, 3.63) is 59.2 Å². The topological polar surface area (TPSA) is 88.2 Å². The van der Waals surface area contributed by atoms with Crippen molar-refractivity contribution in [2.45, 2.75) is 13.1 Å². The van der Waals surface area contributed by atoms with E-state index in [0.29, 0.717) is 29.2 Å². The summed E-state index contributed by atoms with van der Waals surface area (Å²) >= 11 is 0. The van der Waals surface area contributed by atoms with Crippen LogP contribution in [-0.2, 0) is 17.9 Å². The van der Waals surface area contributed by atoms with Gasteiger partial charge in [-0.25, -0.2) is 4.79 Å². The number of rotatable bonds is 7. The minimum Gasteiger partial charge on any atom is -0.497 e. The Bertz CT molecular complexity index is 928. The van der Waals surface area contributed by atoms with Crippen molar-refractivity contribution in [1.29, 1.82) is 0 Å². The van der Waals surface area contributed by atoms with Crippen LogP contribution in [0.5, 0.6) is 11.5 Å². The first kappa shape index (κ1) is 20.2. The lowest BCUT2D eigenvalue weighted by Crippen LogP contribution is -2.32. The highest BCUT2D eigenvalue weighted by Gasteiger charge is 2.29. The monoisotopic (exact) mass is 397 g/mol. The van der Waals surface area contributed by atoms with E-state index in [4.69, 9.17) is 9.47 Å². The van der Waals surface area contributed by atoms with E-state index in [1.54, 1.807) is 56.5 Å².